The number of amides is 2. The number of nitrogens with two attached hydrogens (primary N) is 2. The zero-order valence-corrected chi connectivity index (χ0v) is 17.5. The first-order valence-electron chi connectivity index (χ1n) is 9.63. The van der Waals surface area contributed by atoms with Gasteiger partial charge in [-0.2, -0.15) is 0 Å². The summed E-state index contributed by atoms with van der Waals surface area (Å²) in [6.07, 6.45) is 6.86. The summed E-state index contributed by atoms with van der Waals surface area (Å²) < 4.78 is 5.27. The van der Waals surface area contributed by atoms with Gasteiger partial charge in [-0.15, -0.1) is 0 Å². The molecular formula is C21H29N3O3S. The molecule has 0 aliphatic heterocycles. The van der Waals surface area contributed by atoms with Crippen molar-refractivity contribution in [3.8, 4) is 0 Å². The number of aryl methyl sites for hydroxylation is 3. The van der Waals surface area contributed by atoms with Gasteiger partial charge in [0.15, 0.2) is 5.09 Å². The molecule has 152 valence electrons. The van der Waals surface area contributed by atoms with E-state index < -0.39 is 11.6 Å². The van der Waals surface area contributed by atoms with Crippen LogP contribution >= 0.6 is 11.9 Å². The maximum atomic E-state index is 11.1. The van der Waals surface area contributed by atoms with Crippen molar-refractivity contribution in [2.45, 2.75) is 70.0 Å². The fraction of sp³-hybridized carbons (Fsp3) is 0.476. The highest BCUT2D eigenvalue weighted by molar-refractivity contribution is 7.96. The van der Waals surface area contributed by atoms with Crippen molar-refractivity contribution < 1.29 is 14.3 Å². The van der Waals surface area contributed by atoms with Crippen LogP contribution in [0.4, 0.5) is 10.5 Å². The molecule has 0 spiro atoms. The summed E-state index contributed by atoms with van der Waals surface area (Å²) in [6.45, 7) is 5.25. The lowest BCUT2D eigenvalue weighted by atomic mass is 9.99. The van der Waals surface area contributed by atoms with Crippen LogP contribution in [-0.2, 0) is 31.3 Å². The lowest BCUT2D eigenvalue weighted by Crippen LogP contribution is -2.21. The van der Waals surface area contributed by atoms with Crippen molar-refractivity contribution in [2.24, 2.45) is 10.9 Å². The highest BCUT2D eigenvalue weighted by Crippen LogP contribution is 2.38. The molecule has 6 N–H and O–H groups in total. The number of aliphatic hydroxyl groups is 1. The SMILES string of the molecule is Cc1oc(SN)cc1C(C)(C)O.NC(=O)Nc1c2c(cc3c1CCC3)CCC2. The Labute approximate surface area is 170 Å². The summed E-state index contributed by atoms with van der Waals surface area (Å²) in [4.78, 5) is 11.1. The predicted molar refractivity (Wildman–Crippen MR) is 112 cm³/mol. The van der Waals surface area contributed by atoms with E-state index in [0.717, 1.165) is 54.6 Å². The Morgan fingerprint density at radius 2 is 1.71 bits per heavy atom. The van der Waals surface area contributed by atoms with Crippen LogP contribution in [0.1, 0.15) is 60.3 Å². The number of hydrogen-bond acceptors (Lipinski definition) is 5. The molecule has 2 aliphatic carbocycles. The van der Waals surface area contributed by atoms with E-state index in [0.29, 0.717) is 5.09 Å². The quantitative estimate of drug-likeness (QED) is 0.580. The molecule has 28 heavy (non-hydrogen) atoms. The minimum atomic E-state index is -0.860. The number of rotatable bonds is 3. The smallest absolute Gasteiger partial charge is 0.316 e. The number of anilines is 1. The molecule has 2 amide bonds. The number of primary amides is 1. The second kappa shape index (κ2) is 8.19. The summed E-state index contributed by atoms with van der Waals surface area (Å²) in [5, 5.41) is 18.5. The number of nitrogens with one attached hydrogen (secondary N) is 1. The van der Waals surface area contributed by atoms with Gasteiger partial charge in [-0.1, -0.05) is 6.07 Å². The van der Waals surface area contributed by atoms with Crippen molar-refractivity contribution in [3.05, 3.63) is 45.7 Å². The van der Waals surface area contributed by atoms with Gasteiger partial charge in [-0.3, -0.25) is 5.14 Å². The lowest BCUT2D eigenvalue weighted by molar-refractivity contribution is 0.0769. The molecule has 1 aromatic carbocycles. The van der Waals surface area contributed by atoms with Crippen LogP contribution in [0.25, 0.3) is 0 Å². The molecule has 4 rings (SSSR count). The van der Waals surface area contributed by atoms with Crippen LogP contribution in [0, 0.1) is 6.92 Å². The third-order valence-electron chi connectivity index (χ3n) is 5.39. The predicted octanol–water partition coefficient (Wildman–Crippen LogP) is 3.94. The molecule has 0 saturated heterocycles. The van der Waals surface area contributed by atoms with Gasteiger partial charge in [-0.05, 0) is 99.6 Å². The van der Waals surface area contributed by atoms with Crippen molar-refractivity contribution >= 4 is 23.7 Å². The third kappa shape index (κ3) is 4.37. The largest absolute Gasteiger partial charge is 0.453 e. The van der Waals surface area contributed by atoms with E-state index in [2.05, 4.69) is 11.4 Å². The molecule has 0 radical (unpaired) electrons. The van der Waals surface area contributed by atoms with E-state index in [1.165, 1.54) is 35.1 Å². The Kier molecular flexibility index (Phi) is 6.07. The molecule has 2 aromatic rings. The molecule has 1 heterocycles. The summed E-state index contributed by atoms with van der Waals surface area (Å²) in [6, 6.07) is 3.67. The fourth-order valence-corrected chi connectivity index (χ4v) is 4.57. The summed E-state index contributed by atoms with van der Waals surface area (Å²) >= 11 is 1.04. The summed E-state index contributed by atoms with van der Waals surface area (Å²) in [7, 11) is 0. The molecule has 0 saturated carbocycles. The van der Waals surface area contributed by atoms with Gasteiger partial charge in [0.2, 0.25) is 0 Å². The first-order valence-corrected chi connectivity index (χ1v) is 10.5. The van der Waals surface area contributed by atoms with Crippen molar-refractivity contribution in [1.29, 1.82) is 0 Å². The average Bonchev–Trinajstić information content (AvgIpc) is 3.32. The minimum Gasteiger partial charge on any atom is -0.453 e. The van der Waals surface area contributed by atoms with E-state index in [4.69, 9.17) is 15.3 Å². The maximum Gasteiger partial charge on any atom is 0.316 e. The maximum absolute atomic E-state index is 11.1. The van der Waals surface area contributed by atoms with E-state index in [-0.39, 0.29) is 0 Å². The van der Waals surface area contributed by atoms with Gasteiger partial charge in [0, 0.05) is 11.3 Å². The molecule has 7 heteroatoms. The second-order valence-electron chi connectivity index (χ2n) is 7.94. The third-order valence-corrected chi connectivity index (χ3v) is 5.83. The second-order valence-corrected chi connectivity index (χ2v) is 8.57. The van der Waals surface area contributed by atoms with Crippen LogP contribution in [0.5, 0.6) is 0 Å². The first kappa shape index (κ1) is 20.8. The standard InChI is InChI=1S/C13H16N2O.C8H13NO2S/c14-13(16)15-12-10-5-1-3-8(10)7-9-4-2-6-11(9)12;1-5-6(8(2,3)10)4-7(11-5)12-9/h7H,1-6H2,(H3,14,15,16);4,10H,9H2,1-3H3. The van der Waals surface area contributed by atoms with Crippen LogP contribution in [0.3, 0.4) is 0 Å². The van der Waals surface area contributed by atoms with Crippen LogP contribution in [0.15, 0.2) is 21.6 Å². The van der Waals surface area contributed by atoms with E-state index in [1.807, 2.05) is 6.92 Å². The molecule has 1 aromatic heterocycles. The molecule has 0 fully saturated rings. The van der Waals surface area contributed by atoms with Gasteiger partial charge in [0.25, 0.3) is 0 Å². The zero-order valence-electron chi connectivity index (χ0n) is 16.7. The number of furan rings is 1. The Morgan fingerprint density at radius 1 is 1.14 bits per heavy atom. The minimum absolute atomic E-state index is 0.436. The topological polar surface area (TPSA) is 115 Å². The lowest BCUT2D eigenvalue weighted by Gasteiger charge is -2.15. The zero-order chi connectivity index (χ0) is 20.5. The Morgan fingerprint density at radius 3 is 2.11 bits per heavy atom. The Balaban J connectivity index is 0.000000169. The van der Waals surface area contributed by atoms with E-state index >= 15 is 0 Å². The number of fused-ring (bicyclic) bond motifs is 2. The highest BCUT2D eigenvalue weighted by atomic mass is 32.2. The van der Waals surface area contributed by atoms with Gasteiger partial charge in [-0.25, -0.2) is 4.79 Å². The fourth-order valence-electron chi connectivity index (χ4n) is 4.21. The number of urea groups is 1. The highest BCUT2D eigenvalue weighted by Gasteiger charge is 2.24. The first-order chi connectivity index (χ1) is 13.2. The van der Waals surface area contributed by atoms with Crippen LogP contribution in [-0.4, -0.2) is 11.1 Å². The number of hydrogen-bond donors (Lipinski definition) is 4. The normalized spacial score (nSPS) is 14.9. The number of carbonyl (C=O) groups excluding carboxylic acids is 1. The van der Waals surface area contributed by atoms with Crippen molar-refractivity contribution in [3.63, 3.8) is 0 Å². The number of benzene rings is 1. The van der Waals surface area contributed by atoms with E-state index in [1.54, 1.807) is 19.9 Å². The number of carbonyl (C=O) groups is 1. The molecule has 0 bridgehead atoms. The van der Waals surface area contributed by atoms with Gasteiger partial charge >= 0.3 is 6.03 Å². The molecule has 2 aliphatic rings. The van der Waals surface area contributed by atoms with Crippen LogP contribution in [0.2, 0.25) is 0 Å². The van der Waals surface area contributed by atoms with Crippen LogP contribution < -0.4 is 16.2 Å². The van der Waals surface area contributed by atoms with E-state index in [9.17, 15) is 9.90 Å². The monoisotopic (exact) mass is 403 g/mol. The summed E-state index contributed by atoms with van der Waals surface area (Å²) in [5.74, 6) is 0.718. The molecule has 6 nitrogen and oxygen atoms in total. The molecular weight excluding hydrogens is 374 g/mol. The van der Waals surface area contributed by atoms with Crippen molar-refractivity contribution in [2.75, 3.05) is 5.32 Å². The summed E-state index contributed by atoms with van der Waals surface area (Å²) in [5.41, 5.74) is 11.7. The average molecular weight is 404 g/mol. The van der Waals surface area contributed by atoms with Crippen molar-refractivity contribution in [1.82, 2.24) is 0 Å². The molecule has 0 unspecified atom stereocenters. The van der Waals surface area contributed by atoms with Gasteiger partial charge in [0.1, 0.15) is 5.76 Å². The van der Waals surface area contributed by atoms with Gasteiger partial charge in [0.05, 0.1) is 5.60 Å². The van der Waals surface area contributed by atoms with Gasteiger partial charge < -0.3 is 20.6 Å². The Bertz CT molecular complexity index is 852. The Hall–Kier alpha value is -1.96. The molecule has 0 atom stereocenters.